The molecule has 1 aromatic heterocycles. The molecule has 3 aromatic rings. The molecule has 3 N–H and O–H groups in total. The van der Waals surface area contributed by atoms with E-state index in [1.54, 1.807) is 0 Å². The lowest BCUT2D eigenvalue weighted by Gasteiger charge is -2.09. The van der Waals surface area contributed by atoms with Gasteiger partial charge in [0.1, 0.15) is 11.6 Å². The third kappa shape index (κ3) is 2.74. The molecule has 0 aliphatic heterocycles. The molecule has 2 aromatic carbocycles. The number of nitrogens with one attached hydrogen (secondary N) is 1. The van der Waals surface area contributed by atoms with E-state index in [4.69, 9.17) is 5.73 Å². The largest absolute Gasteiger partial charge is 0.381 e. The van der Waals surface area contributed by atoms with Crippen molar-refractivity contribution in [2.75, 3.05) is 11.1 Å². The van der Waals surface area contributed by atoms with Crippen LogP contribution in [0, 0.1) is 11.6 Å². The Balaban J connectivity index is 1.86. The summed E-state index contributed by atoms with van der Waals surface area (Å²) in [4.78, 5) is 8.57. The van der Waals surface area contributed by atoms with Crippen LogP contribution < -0.4 is 11.1 Å². The number of nitrogen functional groups attached to an aromatic ring is 1. The minimum Gasteiger partial charge on any atom is -0.381 e. The van der Waals surface area contributed by atoms with Crippen LogP contribution in [0.25, 0.3) is 11.0 Å². The van der Waals surface area contributed by atoms with Crippen molar-refractivity contribution in [2.24, 2.45) is 0 Å². The van der Waals surface area contributed by atoms with Crippen molar-refractivity contribution in [3.05, 3.63) is 59.7 Å². The maximum absolute atomic E-state index is 13.6. The number of benzene rings is 2. The predicted molar refractivity (Wildman–Crippen MR) is 77.6 cm³/mol. The van der Waals surface area contributed by atoms with E-state index >= 15 is 0 Å². The normalized spacial score (nSPS) is 10.8. The van der Waals surface area contributed by atoms with Gasteiger partial charge in [0.2, 0.25) is 0 Å². The van der Waals surface area contributed by atoms with Gasteiger partial charge in [0.25, 0.3) is 0 Å². The third-order valence-corrected chi connectivity index (χ3v) is 3.06. The quantitative estimate of drug-likeness (QED) is 0.776. The summed E-state index contributed by atoms with van der Waals surface area (Å²) in [7, 11) is 0. The summed E-state index contributed by atoms with van der Waals surface area (Å²) in [6, 6.07) is 10.7. The van der Waals surface area contributed by atoms with E-state index in [-0.39, 0.29) is 12.4 Å². The molecular weight excluding hydrogens is 274 g/mol. The van der Waals surface area contributed by atoms with Gasteiger partial charge in [-0.25, -0.2) is 18.7 Å². The molecule has 1 heterocycles. The summed E-state index contributed by atoms with van der Waals surface area (Å²) in [5, 5.41) is 2.92. The van der Waals surface area contributed by atoms with Gasteiger partial charge in [-0.15, -0.1) is 0 Å². The van der Waals surface area contributed by atoms with E-state index in [1.807, 2.05) is 24.3 Å². The first-order valence-electron chi connectivity index (χ1n) is 6.33. The fraction of sp³-hybridized carbons (Fsp3) is 0.0667. The molecule has 21 heavy (non-hydrogen) atoms. The van der Waals surface area contributed by atoms with Gasteiger partial charge in [-0.05, 0) is 18.2 Å². The first kappa shape index (κ1) is 13.2. The van der Waals surface area contributed by atoms with Crippen molar-refractivity contribution in [1.82, 2.24) is 9.97 Å². The van der Waals surface area contributed by atoms with E-state index in [0.717, 1.165) is 6.07 Å². The molecule has 6 heteroatoms. The SMILES string of the molecule is Nc1nc2ccccc2nc1NCc1ccc(F)cc1F. The summed E-state index contributed by atoms with van der Waals surface area (Å²) in [5.41, 5.74) is 7.53. The summed E-state index contributed by atoms with van der Waals surface area (Å²) in [6.45, 7) is 0.142. The Hall–Kier alpha value is -2.76. The summed E-state index contributed by atoms with van der Waals surface area (Å²) in [5.74, 6) is -0.621. The van der Waals surface area contributed by atoms with Crippen LogP contribution in [-0.2, 0) is 6.54 Å². The van der Waals surface area contributed by atoms with E-state index in [1.165, 1.54) is 12.1 Å². The van der Waals surface area contributed by atoms with Gasteiger partial charge in [-0.1, -0.05) is 18.2 Å². The number of hydrogen-bond acceptors (Lipinski definition) is 4. The molecule has 0 aliphatic carbocycles. The molecule has 106 valence electrons. The lowest BCUT2D eigenvalue weighted by atomic mass is 10.2. The Morgan fingerprint density at radius 2 is 1.71 bits per heavy atom. The molecule has 0 radical (unpaired) electrons. The van der Waals surface area contributed by atoms with Crippen molar-refractivity contribution in [1.29, 1.82) is 0 Å². The maximum atomic E-state index is 13.6. The fourth-order valence-corrected chi connectivity index (χ4v) is 1.99. The lowest BCUT2D eigenvalue weighted by molar-refractivity contribution is 0.574. The smallest absolute Gasteiger partial charge is 0.169 e. The Morgan fingerprint density at radius 1 is 1.00 bits per heavy atom. The maximum Gasteiger partial charge on any atom is 0.169 e. The van der Waals surface area contributed by atoms with Crippen LogP contribution >= 0.6 is 0 Å². The van der Waals surface area contributed by atoms with Crippen molar-refractivity contribution in [2.45, 2.75) is 6.54 Å². The first-order valence-corrected chi connectivity index (χ1v) is 6.33. The number of rotatable bonds is 3. The first-order chi connectivity index (χ1) is 10.1. The average Bonchev–Trinajstić information content (AvgIpc) is 2.46. The highest BCUT2D eigenvalue weighted by Gasteiger charge is 2.08. The van der Waals surface area contributed by atoms with Crippen LogP contribution in [0.15, 0.2) is 42.5 Å². The van der Waals surface area contributed by atoms with Crippen LogP contribution in [0.4, 0.5) is 20.4 Å². The van der Waals surface area contributed by atoms with Crippen LogP contribution in [0.3, 0.4) is 0 Å². The van der Waals surface area contributed by atoms with Crippen molar-refractivity contribution >= 4 is 22.7 Å². The molecule has 0 bridgehead atoms. The molecule has 0 saturated heterocycles. The number of aromatic nitrogens is 2. The van der Waals surface area contributed by atoms with Crippen LogP contribution in [0.2, 0.25) is 0 Å². The summed E-state index contributed by atoms with van der Waals surface area (Å²) >= 11 is 0. The van der Waals surface area contributed by atoms with Gasteiger partial charge >= 0.3 is 0 Å². The Bertz CT molecular complexity index is 805. The molecule has 0 spiro atoms. The van der Waals surface area contributed by atoms with E-state index in [0.29, 0.717) is 22.4 Å². The monoisotopic (exact) mass is 286 g/mol. The third-order valence-electron chi connectivity index (χ3n) is 3.06. The van der Waals surface area contributed by atoms with Crippen molar-refractivity contribution < 1.29 is 8.78 Å². The molecule has 0 saturated carbocycles. The molecule has 3 rings (SSSR count). The average molecular weight is 286 g/mol. The molecule has 0 amide bonds. The van der Waals surface area contributed by atoms with Crippen LogP contribution in [0.1, 0.15) is 5.56 Å². The van der Waals surface area contributed by atoms with Gasteiger partial charge in [0.15, 0.2) is 11.6 Å². The van der Waals surface area contributed by atoms with Crippen LogP contribution in [0.5, 0.6) is 0 Å². The van der Waals surface area contributed by atoms with E-state index in [9.17, 15) is 8.78 Å². The number of hydrogen-bond donors (Lipinski definition) is 2. The number of anilines is 2. The number of nitrogens with two attached hydrogens (primary N) is 1. The lowest BCUT2D eigenvalue weighted by Crippen LogP contribution is -2.07. The highest BCUT2D eigenvalue weighted by atomic mass is 19.1. The van der Waals surface area contributed by atoms with Gasteiger partial charge in [-0.2, -0.15) is 0 Å². The minimum absolute atomic E-state index is 0.142. The van der Waals surface area contributed by atoms with Gasteiger partial charge in [-0.3, -0.25) is 0 Å². The highest BCUT2D eigenvalue weighted by molar-refractivity contribution is 5.79. The standard InChI is InChI=1S/C15H12F2N4/c16-10-6-5-9(11(17)7-10)8-19-15-14(18)20-12-3-1-2-4-13(12)21-15/h1-7H,8H2,(H2,18,20)(H,19,21). The van der Waals surface area contributed by atoms with E-state index < -0.39 is 11.6 Å². The topological polar surface area (TPSA) is 63.8 Å². The second-order valence-corrected chi connectivity index (χ2v) is 4.54. The van der Waals surface area contributed by atoms with Gasteiger partial charge in [0, 0.05) is 18.2 Å². The molecule has 0 unspecified atom stereocenters. The molecule has 4 nitrogen and oxygen atoms in total. The Morgan fingerprint density at radius 3 is 2.43 bits per heavy atom. The summed E-state index contributed by atoms with van der Waals surface area (Å²) in [6.07, 6.45) is 0. The molecule has 0 fully saturated rings. The summed E-state index contributed by atoms with van der Waals surface area (Å²) < 4.78 is 26.4. The second-order valence-electron chi connectivity index (χ2n) is 4.54. The van der Waals surface area contributed by atoms with Gasteiger partial charge < -0.3 is 11.1 Å². The number of halogens is 2. The van der Waals surface area contributed by atoms with Crippen molar-refractivity contribution in [3.8, 4) is 0 Å². The second kappa shape index (κ2) is 5.32. The van der Waals surface area contributed by atoms with Crippen LogP contribution in [-0.4, -0.2) is 9.97 Å². The number of fused-ring (bicyclic) bond motifs is 1. The highest BCUT2D eigenvalue weighted by Crippen LogP contribution is 2.19. The van der Waals surface area contributed by atoms with Gasteiger partial charge in [0.05, 0.1) is 11.0 Å². The molecular formula is C15H12F2N4. The number of nitrogens with zero attached hydrogens (tertiary/aromatic N) is 2. The molecule has 0 atom stereocenters. The zero-order valence-corrected chi connectivity index (χ0v) is 11.0. The van der Waals surface area contributed by atoms with E-state index in [2.05, 4.69) is 15.3 Å². The molecule has 0 aliphatic rings. The zero-order valence-electron chi connectivity index (χ0n) is 11.0. The predicted octanol–water partition coefficient (Wildman–Crippen LogP) is 3.10. The Labute approximate surface area is 119 Å². The number of para-hydroxylation sites is 2. The minimum atomic E-state index is -0.616. The fourth-order valence-electron chi connectivity index (χ4n) is 1.99. The van der Waals surface area contributed by atoms with Crippen molar-refractivity contribution in [3.63, 3.8) is 0 Å². The zero-order chi connectivity index (χ0) is 14.8. The Kier molecular flexibility index (Phi) is 3.35.